The summed E-state index contributed by atoms with van der Waals surface area (Å²) in [5.74, 6) is 1.30. The molecule has 0 heterocycles. The summed E-state index contributed by atoms with van der Waals surface area (Å²) in [7, 11) is 1.47. The van der Waals surface area contributed by atoms with Gasteiger partial charge in [0.05, 0.1) is 17.1 Å². The van der Waals surface area contributed by atoms with E-state index < -0.39 is 5.82 Å². The van der Waals surface area contributed by atoms with E-state index in [0.29, 0.717) is 27.6 Å². The summed E-state index contributed by atoms with van der Waals surface area (Å²) in [6, 6.07) is 2.84. The Morgan fingerprint density at radius 1 is 1.32 bits per heavy atom. The van der Waals surface area contributed by atoms with Crippen LogP contribution in [0, 0.1) is 23.6 Å². The van der Waals surface area contributed by atoms with E-state index in [9.17, 15) is 9.18 Å². The maximum atomic E-state index is 13.5. The van der Waals surface area contributed by atoms with Gasteiger partial charge >= 0.3 is 0 Å². The zero-order valence-corrected chi connectivity index (χ0v) is 12.4. The van der Waals surface area contributed by atoms with Crippen LogP contribution in [0.25, 0.3) is 0 Å². The summed E-state index contributed by atoms with van der Waals surface area (Å²) in [5, 5.41) is 0. The topological polar surface area (TPSA) is 26.3 Å². The van der Waals surface area contributed by atoms with Crippen molar-refractivity contribution in [3.63, 3.8) is 0 Å². The van der Waals surface area contributed by atoms with E-state index in [-0.39, 0.29) is 11.7 Å². The molecule has 19 heavy (non-hydrogen) atoms. The molecule has 2 unspecified atom stereocenters. The number of methoxy groups -OCH3 is 1. The van der Waals surface area contributed by atoms with Crippen molar-refractivity contribution in [2.24, 2.45) is 17.8 Å². The van der Waals surface area contributed by atoms with Gasteiger partial charge in [-0.05, 0) is 46.7 Å². The number of carbonyl (C=O) groups is 1. The molecular weight excluding hydrogens is 311 g/mol. The number of benzene rings is 1. The van der Waals surface area contributed by atoms with Crippen molar-refractivity contribution in [3.05, 3.63) is 28.0 Å². The molecule has 4 heteroatoms. The summed E-state index contributed by atoms with van der Waals surface area (Å²) in [5.41, 5.74) is 0.509. The van der Waals surface area contributed by atoms with Gasteiger partial charge in [0.25, 0.3) is 0 Å². The molecule has 0 radical (unpaired) electrons. The summed E-state index contributed by atoms with van der Waals surface area (Å²) in [6.07, 6.45) is 4.78. The normalized spacial score (nSPS) is 28.7. The van der Waals surface area contributed by atoms with Gasteiger partial charge in [0.1, 0.15) is 11.6 Å². The largest absolute Gasteiger partial charge is 0.496 e. The highest BCUT2D eigenvalue weighted by Crippen LogP contribution is 2.57. The fraction of sp³-hybridized carbons (Fsp3) is 0.533. The van der Waals surface area contributed by atoms with Crippen LogP contribution in [0.5, 0.6) is 5.75 Å². The van der Waals surface area contributed by atoms with Crippen molar-refractivity contribution in [1.82, 2.24) is 0 Å². The Labute approximate surface area is 120 Å². The summed E-state index contributed by atoms with van der Waals surface area (Å²) in [4.78, 5) is 12.6. The van der Waals surface area contributed by atoms with Gasteiger partial charge in [-0.1, -0.05) is 12.8 Å². The molecule has 102 valence electrons. The zero-order chi connectivity index (χ0) is 13.6. The van der Waals surface area contributed by atoms with Crippen LogP contribution in [-0.2, 0) is 0 Å². The lowest BCUT2D eigenvalue weighted by molar-refractivity contribution is 0.0953. The quantitative estimate of drug-likeness (QED) is 0.777. The number of hydrogen-bond donors (Lipinski definition) is 0. The first-order valence-electron chi connectivity index (χ1n) is 6.70. The maximum absolute atomic E-state index is 13.5. The second-order valence-electron chi connectivity index (χ2n) is 5.47. The molecule has 0 bridgehead atoms. The van der Waals surface area contributed by atoms with Crippen molar-refractivity contribution in [2.45, 2.75) is 25.7 Å². The third kappa shape index (κ3) is 2.20. The van der Waals surface area contributed by atoms with Crippen molar-refractivity contribution in [1.29, 1.82) is 0 Å². The van der Waals surface area contributed by atoms with Gasteiger partial charge in [0, 0.05) is 12.0 Å². The molecular formula is C15H16BrFO2. The molecule has 0 N–H and O–H groups in total. The Hall–Kier alpha value is -0.900. The molecule has 0 saturated heterocycles. The third-order valence-corrected chi connectivity index (χ3v) is 5.07. The highest BCUT2D eigenvalue weighted by atomic mass is 79.9. The Morgan fingerprint density at radius 2 is 1.95 bits per heavy atom. The Morgan fingerprint density at radius 3 is 2.53 bits per heavy atom. The minimum atomic E-state index is -0.401. The average Bonchev–Trinajstić information content (AvgIpc) is 3.14. The van der Waals surface area contributed by atoms with E-state index in [1.807, 2.05) is 0 Å². The number of fused-ring (bicyclic) bond motifs is 1. The van der Waals surface area contributed by atoms with Crippen LogP contribution < -0.4 is 4.74 Å². The summed E-state index contributed by atoms with van der Waals surface area (Å²) in [6.45, 7) is 0. The summed E-state index contributed by atoms with van der Waals surface area (Å²) < 4.78 is 19.0. The Kier molecular flexibility index (Phi) is 3.37. The van der Waals surface area contributed by atoms with Crippen molar-refractivity contribution in [2.75, 3.05) is 7.11 Å². The van der Waals surface area contributed by atoms with Crippen molar-refractivity contribution < 1.29 is 13.9 Å². The lowest BCUT2D eigenvalue weighted by atomic mass is 10.0. The fourth-order valence-electron chi connectivity index (χ4n) is 3.45. The van der Waals surface area contributed by atoms with E-state index in [1.165, 1.54) is 26.0 Å². The second-order valence-corrected chi connectivity index (χ2v) is 6.32. The van der Waals surface area contributed by atoms with Gasteiger partial charge in [-0.3, -0.25) is 4.79 Å². The van der Waals surface area contributed by atoms with Crippen LogP contribution in [-0.4, -0.2) is 12.9 Å². The number of Topliss-reactive ketones (excluding diaryl/α,β-unsaturated/α-hetero) is 1. The van der Waals surface area contributed by atoms with Gasteiger partial charge in [-0.25, -0.2) is 4.39 Å². The van der Waals surface area contributed by atoms with E-state index in [0.717, 1.165) is 12.8 Å². The molecule has 2 atom stereocenters. The van der Waals surface area contributed by atoms with Crippen molar-refractivity contribution in [3.8, 4) is 5.75 Å². The Balaban J connectivity index is 1.90. The minimum Gasteiger partial charge on any atom is -0.496 e. The van der Waals surface area contributed by atoms with Crippen LogP contribution in [0.2, 0.25) is 0 Å². The molecule has 2 fully saturated rings. The number of ether oxygens (including phenoxy) is 1. The predicted octanol–water partition coefficient (Wildman–Crippen LogP) is 4.22. The first-order chi connectivity index (χ1) is 9.13. The Bertz CT molecular complexity index is 517. The number of halogens is 2. The number of carbonyl (C=O) groups excluding carboxylic acids is 1. The second kappa shape index (κ2) is 4.89. The highest BCUT2D eigenvalue weighted by molar-refractivity contribution is 9.10. The molecule has 2 nitrogen and oxygen atoms in total. The molecule has 1 aromatic rings. The lowest BCUT2D eigenvalue weighted by Crippen LogP contribution is -2.07. The van der Waals surface area contributed by atoms with Gasteiger partial charge in [0.2, 0.25) is 0 Å². The molecule has 1 aromatic carbocycles. The molecule has 2 aliphatic rings. The number of rotatable bonds is 3. The van der Waals surface area contributed by atoms with Crippen LogP contribution >= 0.6 is 15.9 Å². The molecule has 0 amide bonds. The smallest absolute Gasteiger partial charge is 0.170 e. The maximum Gasteiger partial charge on any atom is 0.170 e. The molecule has 0 aliphatic heterocycles. The first-order valence-corrected chi connectivity index (χ1v) is 7.50. The van der Waals surface area contributed by atoms with E-state index in [4.69, 9.17) is 4.74 Å². The SMILES string of the molecule is COc1cc(F)c(Br)cc1C(=O)C1C2CCCCC21. The van der Waals surface area contributed by atoms with Crippen molar-refractivity contribution >= 4 is 21.7 Å². The fourth-order valence-corrected chi connectivity index (χ4v) is 3.79. The van der Waals surface area contributed by atoms with Gasteiger partial charge < -0.3 is 4.74 Å². The van der Waals surface area contributed by atoms with Crippen LogP contribution in [0.4, 0.5) is 4.39 Å². The standard InChI is InChI=1S/C15H16BrFO2/c1-19-13-7-12(17)11(16)6-10(13)15(18)14-8-4-2-3-5-9(8)14/h6-9,14H,2-5H2,1H3. The molecule has 2 saturated carbocycles. The van der Waals surface area contributed by atoms with E-state index >= 15 is 0 Å². The molecule has 0 spiro atoms. The number of hydrogen-bond acceptors (Lipinski definition) is 2. The van der Waals surface area contributed by atoms with Crippen LogP contribution in [0.1, 0.15) is 36.0 Å². The molecule has 0 aromatic heterocycles. The highest BCUT2D eigenvalue weighted by Gasteiger charge is 2.54. The van der Waals surface area contributed by atoms with Crippen LogP contribution in [0.3, 0.4) is 0 Å². The number of ketones is 1. The third-order valence-electron chi connectivity index (χ3n) is 4.47. The van der Waals surface area contributed by atoms with E-state index in [2.05, 4.69) is 15.9 Å². The average molecular weight is 327 g/mol. The summed E-state index contributed by atoms with van der Waals surface area (Å²) >= 11 is 3.14. The molecule has 2 aliphatic carbocycles. The molecule has 3 rings (SSSR count). The minimum absolute atomic E-state index is 0.120. The predicted molar refractivity (Wildman–Crippen MR) is 73.9 cm³/mol. The first kappa shape index (κ1) is 13.1. The monoisotopic (exact) mass is 326 g/mol. The van der Waals surface area contributed by atoms with E-state index in [1.54, 1.807) is 6.07 Å². The lowest BCUT2D eigenvalue weighted by Gasteiger charge is -2.09. The zero-order valence-electron chi connectivity index (χ0n) is 10.8. The van der Waals surface area contributed by atoms with Gasteiger partial charge in [-0.2, -0.15) is 0 Å². The van der Waals surface area contributed by atoms with Crippen LogP contribution in [0.15, 0.2) is 16.6 Å². The van der Waals surface area contributed by atoms with Gasteiger partial charge in [0.15, 0.2) is 5.78 Å². The van der Waals surface area contributed by atoms with Gasteiger partial charge in [-0.15, -0.1) is 0 Å².